The van der Waals surface area contributed by atoms with Crippen LogP contribution in [0.1, 0.15) is 20.9 Å². The summed E-state index contributed by atoms with van der Waals surface area (Å²) < 4.78 is 0. The van der Waals surface area contributed by atoms with Crippen LogP contribution in [0.5, 0.6) is 0 Å². The molecule has 0 bridgehead atoms. The molecule has 0 atom stereocenters. The summed E-state index contributed by atoms with van der Waals surface area (Å²) in [4.78, 5) is 4.91. The lowest BCUT2D eigenvalue weighted by Crippen LogP contribution is -2.16. The third-order valence-corrected chi connectivity index (χ3v) is 4.24. The SMILES string of the molecule is Cc1cccc(N(C)Cc2cc(CN)sc2C)c1. The van der Waals surface area contributed by atoms with Crippen molar-refractivity contribution in [3.05, 3.63) is 51.2 Å². The van der Waals surface area contributed by atoms with E-state index in [1.165, 1.54) is 26.6 Å². The molecule has 0 spiro atoms. The lowest BCUT2D eigenvalue weighted by atomic mass is 10.2. The van der Waals surface area contributed by atoms with Crippen LogP contribution in [0.4, 0.5) is 5.69 Å². The third kappa shape index (κ3) is 2.92. The van der Waals surface area contributed by atoms with Crippen LogP contribution in [-0.4, -0.2) is 7.05 Å². The van der Waals surface area contributed by atoms with Crippen LogP contribution in [0.15, 0.2) is 30.3 Å². The zero-order valence-electron chi connectivity index (χ0n) is 11.2. The average molecular weight is 260 g/mol. The van der Waals surface area contributed by atoms with E-state index in [1.807, 2.05) is 0 Å². The standard InChI is InChI=1S/C15H20N2S/c1-11-5-4-6-14(7-11)17(3)10-13-8-15(9-16)18-12(13)2/h4-8H,9-10,16H2,1-3H3. The lowest BCUT2D eigenvalue weighted by molar-refractivity contribution is 0.918. The molecule has 1 heterocycles. The first-order chi connectivity index (χ1) is 8.60. The molecule has 0 radical (unpaired) electrons. The Kier molecular flexibility index (Phi) is 4.04. The fourth-order valence-corrected chi connectivity index (χ4v) is 2.99. The molecule has 0 aliphatic carbocycles. The minimum atomic E-state index is 0.639. The molecule has 3 heteroatoms. The normalized spacial score (nSPS) is 10.7. The number of aryl methyl sites for hydroxylation is 2. The van der Waals surface area contributed by atoms with Gasteiger partial charge in [0.25, 0.3) is 0 Å². The first-order valence-corrected chi connectivity index (χ1v) is 6.98. The van der Waals surface area contributed by atoms with Gasteiger partial charge in [-0.05, 0) is 43.2 Å². The second-order valence-electron chi connectivity index (χ2n) is 4.69. The van der Waals surface area contributed by atoms with Gasteiger partial charge in [-0.2, -0.15) is 0 Å². The molecule has 0 saturated heterocycles. The maximum atomic E-state index is 5.69. The molecular weight excluding hydrogens is 240 g/mol. The van der Waals surface area contributed by atoms with E-state index in [0.717, 1.165) is 6.54 Å². The van der Waals surface area contributed by atoms with Crippen LogP contribution in [0, 0.1) is 13.8 Å². The number of hydrogen-bond acceptors (Lipinski definition) is 3. The van der Waals surface area contributed by atoms with Gasteiger partial charge in [-0.25, -0.2) is 0 Å². The van der Waals surface area contributed by atoms with E-state index in [2.05, 4.69) is 56.1 Å². The summed E-state index contributed by atoms with van der Waals surface area (Å²) in [6, 6.07) is 10.8. The second-order valence-corrected chi connectivity index (χ2v) is 6.03. The number of nitrogens with two attached hydrogens (primary N) is 1. The summed E-state index contributed by atoms with van der Waals surface area (Å²) >= 11 is 1.80. The molecule has 2 N–H and O–H groups in total. The van der Waals surface area contributed by atoms with Gasteiger partial charge in [0.15, 0.2) is 0 Å². The Bertz CT molecular complexity index is 531. The Hall–Kier alpha value is -1.32. The minimum Gasteiger partial charge on any atom is -0.370 e. The number of rotatable bonds is 4. The van der Waals surface area contributed by atoms with Crippen LogP contribution in [-0.2, 0) is 13.1 Å². The van der Waals surface area contributed by atoms with E-state index in [9.17, 15) is 0 Å². The topological polar surface area (TPSA) is 29.3 Å². The summed E-state index contributed by atoms with van der Waals surface area (Å²) in [6.07, 6.45) is 0. The Morgan fingerprint density at radius 2 is 2.00 bits per heavy atom. The van der Waals surface area contributed by atoms with Crippen molar-refractivity contribution in [1.82, 2.24) is 0 Å². The molecule has 1 aromatic carbocycles. The van der Waals surface area contributed by atoms with Crippen LogP contribution < -0.4 is 10.6 Å². The molecule has 0 saturated carbocycles. The van der Waals surface area contributed by atoms with Crippen molar-refractivity contribution in [3.8, 4) is 0 Å². The van der Waals surface area contributed by atoms with Gasteiger partial charge < -0.3 is 10.6 Å². The molecule has 0 unspecified atom stereocenters. The molecule has 0 fully saturated rings. The van der Waals surface area contributed by atoms with Crippen molar-refractivity contribution in [2.75, 3.05) is 11.9 Å². The highest BCUT2D eigenvalue weighted by Crippen LogP contribution is 2.24. The minimum absolute atomic E-state index is 0.639. The zero-order chi connectivity index (χ0) is 13.1. The summed E-state index contributed by atoms with van der Waals surface area (Å²) in [5.41, 5.74) is 9.62. The van der Waals surface area contributed by atoms with Crippen LogP contribution in [0.3, 0.4) is 0 Å². The van der Waals surface area contributed by atoms with Gasteiger partial charge in [-0.3, -0.25) is 0 Å². The maximum absolute atomic E-state index is 5.69. The first kappa shape index (κ1) is 13.1. The number of benzene rings is 1. The van der Waals surface area contributed by atoms with Crippen molar-refractivity contribution < 1.29 is 0 Å². The third-order valence-electron chi connectivity index (χ3n) is 3.12. The van der Waals surface area contributed by atoms with Gasteiger partial charge in [0.1, 0.15) is 0 Å². The van der Waals surface area contributed by atoms with Crippen molar-refractivity contribution in [3.63, 3.8) is 0 Å². The molecule has 0 aliphatic heterocycles. The van der Waals surface area contributed by atoms with E-state index < -0.39 is 0 Å². The molecule has 2 nitrogen and oxygen atoms in total. The highest BCUT2D eigenvalue weighted by Gasteiger charge is 2.08. The van der Waals surface area contributed by atoms with Crippen molar-refractivity contribution in [2.45, 2.75) is 26.9 Å². The van der Waals surface area contributed by atoms with E-state index in [1.54, 1.807) is 11.3 Å². The van der Waals surface area contributed by atoms with Gasteiger partial charge in [-0.1, -0.05) is 12.1 Å². The maximum Gasteiger partial charge on any atom is 0.0437 e. The van der Waals surface area contributed by atoms with E-state index in [0.29, 0.717) is 6.54 Å². The molecule has 2 aromatic rings. The van der Waals surface area contributed by atoms with Crippen molar-refractivity contribution >= 4 is 17.0 Å². The Balaban J connectivity index is 2.15. The summed E-state index contributed by atoms with van der Waals surface area (Å²) in [5, 5.41) is 0. The lowest BCUT2D eigenvalue weighted by Gasteiger charge is -2.19. The van der Waals surface area contributed by atoms with Gasteiger partial charge >= 0.3 is 0 Å². The molecule has 0 amide bonds. The monoisotopic (exact) mass is 260 g/mol. The number of hydrogen-bond donors (Lipinski definition) is 1. The fraction of sp³-hybridized carbons (Fsp3) is 0.333. The molecule has 18 heavy (non-hydrogen) atoms. The predicted octanol–water partition coefficient (Wildman–Crippen LogP) is 3.46. The summed E-state index contributed by atoms with van der Waals surface area (Å²) in [6.45, 7) is 5.87. The largest absolute Gasteiger partial charge is 0.370 e. The molecule has 2 rings (SSSR count). The fourth-order valence-electron chi connectivity index (χ4n) is 2.06. The van der Waals surface area contributed by atoms with Crippen LogP contribution >= 0.6 is 11.3 Å². The van der Waals surface area contributed by atoms with Gasteiger partial charge in [0, 0.05) is 35.6 Å². The van der Waals surface area contributed by atoms with E-state index >= 15 is 0 Å². The number of thiophene rings is 1. The van der Waals surface area contributed by atoms with E-state index in [4.69, 9.17) is 5.73 Å². The molecule has 96 valence electrons. The highest BCUT2D eigenvalue weighted by molar-refractivity contribution is 7.12. The predicted molar refractivity (Wildman–Crippen MR) is 80.2 cm³/mol. The number of nitrogens with zero attached hydrogens (tertiary/aromatic N) is 1. The summed E-state index contributed by atoms with van der Waals surface area (Å²) in [7, 11) is 2.13. The Morgan fingerprint density at radius 1 is 1.22 bits per heavy atom. The van der Waals surface area contributed by atoms with Gasteiger partial charge in [0.05, 0.1) is 0 Å². The van der Waals surface area contributed by atoms with Crippen molar-refractivity contribution in [2.24, 2.45) is 5.73 Å². The average Bonchev–Trinajstić information content (AvgIpc) is 2.70. The summed E-state index contributed by atoms with van der Waals surface area (Å²) in [5.74, 6) is 0. The zero-order valence-corrected chi connectivity index (χ0v) is 12.1. The van der Waals surface area contributed by atoms with Crippen LogP contribution in [0.2, 0.25) is 0 Å². The van der Waals surface area contributed by atoms with Crippen molar-refractivity contribution in [1.29, 1.82) is 0 Å². The molecule has 1 aromatic heterocycles. The molecular formula is C15H20N2S. The highest BCUT2D eigenvalue weighted by atomic mass is 32.1. The van der Waals surface area contributed by atoms with Gasteiger partial charge in [0.2, 0.25) is 0 Å². The first-order valence-electron chi connectivity index (χ1n) is 6.16. The Labute approximate surface area is 113 Å². The smallest absolute Gasteiger partial charge is 0.0437 e. The van der Waals surface area contributed by atoms with E-state index in [-0.39, 0.29) is 0 Å². The second kappa shape index (κ2) is 5.55. The Morgan fingerprint density at radius 3 is 2.61 bits per heavy atom. The van der Waals surface area contributed by atoms with Gasteiger partial charge in [-0.15, -0.1) is 11.3 Å². The molecule has 0 aliphatic rings. The number of anilines is 1. The van der Waals surface area contributed by atoms with Crippen LogP contribution in [0.25, 0.3) is 0 Å². The quantitative estimate of drug-likeness (QED) is 0.912.